The Balaban J connectivity index is 1.88. The van der Waals surface area contributed by atoms with Crippen molar-refractivity contribution in [3.05, 3.63) is 76.6 Å². The predicted octanol–water partition coefficient (Wildman–Crippen LogP) is 2.48. The van der Waals surface area contributed by atoms with Crippen LogP contribution in [0.4, 0.5) is 5.82 Å². The fourth-order valence-corrected chi connectivity index (χ4v) is 5.41. The van der Waals surface area contributed by atoms with Crippen LogP contribution in [0, 0.1) is 6.57 Å². The highest BCUT2D eigenvalue weighted by atomic mass is 31.2. The van der Waals surface area contributed by atoms with Crippen LogP contribution in [0.3, 0.4) is 0 Å². The number of carbonyl (C=O) groups excluding carboxylic acids is 1. The Bertz CT molecular complexity index is 1290. The second-order valence-corrected chi connectivity index (χ2v) is 10.6. The van der Waals surface area contributed by atoms with Crippen molar-refractivity contribution < 1.29 is 28.3 Å². The van der Waals surface area contributed by atoms with Crippen LogP contribution in [-0.4, -0.2) is 51.0 Å². The molecular weight excluding hydrogens is 501 g/mol. The number of hydrogen-bond donors (Lipinski definition) is 3. The number of nitrogens with two attached hydrogens (primary N) is 1. The molecule has 5 atom stereocenters. The van der Waals surface area contributed by atoms with Crippen LogP contribution in [0.15, 0.2) is 59.5 Å². The lowest BCUT2D eigenvalue weighted by molar-refractivity contribution is -0.149. The number of para-hydroxylation sites is 1. The molecule has 2 aromatic rings. The monoisotopic (exact) mass is 531 g/mol. The van der Waals surface area contributed by atoms with E-state index in [0.29, 0.717) is 0 Å². The van der Waals surface area contributed by atoms with Crippen LogP contribution in [0.2, 0.25) is 0 Å². The van der Waals surface area contributed by atoms with Gasteiger partial charge >= 0.3 is 24.9 Å². The summed E-state index contributed by atoms with van der Waals surface area (Å²) in [6, 6.07) is 7.66. The largest absolute Gasteiger partial charge is 0.462 e. The molecule has 0 amide bonds. The number of nitrogens with one attached hydrogen (secondary N) is 1. The van der Waals surface area contributed by atoms with E-state index in [4.69, 9.17) is 26.1 Å². The normalized spacial score (nSPS) is 23.7. The highest BCUT2D eigenvalue weighted by Crippen LogP contribution is 2.50. The van der Waals surface area contributed by atoms with Crippen molar-refractivity contribution in [1.29, 1.82) is 0 Å². The summed E-state index contributed by atoms with van der Waals surface area (Å²) in [6.07, 6.45) is -0.357. The molecule has 37 heavy (non-hydrogen) atoms. The minimum Gasteiger partial charge on any atom is -0.462 e. The van der Waals surface area contributed by atoms with Crippen LogP contribution in [-0.2, 0) is 18.6 Å². The van der Waals surface area contributed by atoms with E-state index in [0.717, 1.165) is 0 Å². The highest BCUT2D eigenvalue weighted by Gasteiger charge is 2.59. The molecule has 2 unspecified atom stereocenters. The lowest BCUT2D eigenvalue weighted by Crippen LogP contribution is -2.42. The van der Waals surface area contributed by atoms with Gasteiger partial charge in [-0.15, -0.1) is 0 Å². The summed E-state index contributed by atoms with van der Waals surface area (Å²) >= 11 is 0. The molecule has 0 radical (unpaired) electrons. The summed E-state index contributed by atoms with van der Waals surface area (Å²) in [5.74, 6) is -0.473. The summed E-state index contributed by atoms with van der Waals surface area (Å²) in [7, 11) is -4.31. The average Bonchev–Trinajstić information content (AvgIpc) is 3.07. The van der Waals surface area contributed by atoms with Crippen molar-refractivity contribution in [2.45, 2.75) is 57.0 Å². The van der Waals surface area contributed by atoms with Crippen LogP contribution in [0.5, 0.6) is 5.75 Å². The zero-order valence-electron chi connectivity index (χ0n) is 20.7. The van der Waals surface area contributed by atoms with Gasteiger partial charge in [-0.05, 0) is 39.0 Å². The van der Waals surface area contributed by atoms with Gasteiger partial charge in [0.2, 0.25) is 0 Å². The van der Waals surface area contributed by atoms with E-state index in [2.05, 4.69) is 21.5 Å². The predicted molar refractivity (Wildman–Crippen MR) is 135 cm³/mol. The molecular formula is C24H30N5O7P. The molecule has 1 saturated carbocycles. The van der Waals surface area contributed by atoms with Crippen molar-refractivity contribution in [1.82, 2.24) is 14.6 Å². The smallest absolute Gasteiger partial charge is 0.459 e. The summed E-state index contributed by atoms with van der Waals surface area (Å²) in [6.45, 7) is 16.0. The summed E-state index contributed by atoms with van der Waals surface area (Å²) in [5, 5.41) is 13.4. The number of ether oxygens (including phenoxy) is 1. The number of benzene rings is 1. The van der Waals surface area contributed by atoms with Gasteiger partial charge in [-0.2, -0.15) is 10.1 Å². The van der Waals surface area contributed by atoms with Gasteiger partial charge in [-0.3, -0.25) is 18.7 Å². The second-order valence-electron chi connectivity index (χ2n) is 8.88. The lowest BCUT2D eigenvalue weighted by Gasteiger charge is -2.27. The first kappa shape index (κ1) is 28.1. The number of esters is 1. The number of rotatable bonds is 10. The molecule has 13 heteroatoms. The Labute approximate surface area is 214 Å². The molecule has 0 saturated heterocycles. The molecule has 1 heterocycles. The number of carbonyl (C=O) groups is 1. The van der Waals surface area contributed by atoms with Gasteiger partial charge in [0.25, 0.3) is 0 Å². The molecule has 0 spiro atoms. The molecule has 0 aliphatic heterocycles. The number of aliphatic hydroxyl groups excluding tert-OH is 1. The minimum absolute atomic E-state index is 0.0281. The van der Waals surface area contributed by atoms with Crippen molar-refractivity contribution in [2.75, 3.05) is 12.3 Å². The molecule has 4 N–H and O–H groups in total. The number of nitrogens with zero attached hydrogens (tertiary/aromatic N) is 3. The lowest BCUT2D eigenvalue weighted by atomic mass is 9.93. The van der Waals surface area contributed by atoms with Crippen LogP contribution < -0.4 is 21.0 Å². The molecule has 1 fully saturated rings. The Kier molecular flexibility index (Phi) is 8.56. The topological polar surface area (TPSA) is 159 Å². The zero-order valence-corrected chi connectivity index (χ0v) is 21.6. The van der Waals surface area contributed by atoms with Crippen molar-refractivity contribution >= 4 is 19.5 Å². The molecule has 1 aromatic carbocycles. The number of aromatic nitrogens is 2. The molecule has 1 aliphatic carbocycles. The van der Waals surface area contributed by atoms with Crippen molar-refractivity contribution in [3.8, 4) is 5.75 Å². The maximum absolute atomic E-state index is 13.8. The Morgan fingerprint density at radius 2 is 2.05 bits per heavy atom. The third kappa shape index (κ3) is 6.26. The average molecular weight is 532 g/mol. The first-order chi connectivity index (χ1) is 17.4. The number of nitrogen functional groups attached to an aromatic ring is 1. The first-order valence-corrected chi connectivity index (χ1v) is 13.0. The highest BCUT2D eigenvalue weighted by molar-refractivity contribution is 7.52. The van der Waals surface area contributed by atoms with E-state index in [1.807, 2.05) is 0 Å². The van der Waals surface area contributed by atoms with Gasteiger partial charge in [0.1, 0.15) is 30.3 Å². The molecule has 198 valence electrons. The van der Waals surface area contributed by atoms with Crippen LogP contribution in [0.25, 0.3) is 4.85 Å². The van der Waals surface area contributed by atoms with E-state index in [1.54, 1.807) is 44.2 Å². The number of aliphatic hydroxyl groups is 1. The van der Waals surface area contributed by atoms with Crippen LogP contribution >= 0.6 is 7.75 Å². The van der Waals surface area contributed by atoms with E-state index >= 15 is 0 Å². The molecule has 3 rings (SSSR count). The van der Waals surface area contributed by atoms with Gasteiger partial charge in [0.15, 0.2) is 0 Å². The van der Waals surface area contributed by atoms with Gasteiger partial charge in [0, 0.05) is 18.2 Å². The van der Waals surface area contributed by atoms with E-state index in [1.165, 1.54) is 23.8 Å². The minimum atomic E-state index is -4.31. The fourth-order valence-electron chi connectivity index (χ4n) is 3.88. The maximum atomic E-state index is 13.8. The van der Waals surface area contributed by atoms with Gasteiger partial charge in [-0.1, -0.05) is 24.8 Å². The number of anilines is 1. The fraction of sp³-hybridized carbons (Fsp3) is 0.417. The summed E-state index contributed by atoms with van der Waals surface area (Å²) < 4.78 is 31.5. The third-order valence-corrected chi connectivity index (χ3v) is 7.45. The zero-order chi connectivity index (χ0) is 27.4. The Morgan fingerprint density at radius 3 is 2.65 bits per heavy atom. The molecule has 1 aliphatic rings. The quantitative estimate of drug-likeness (QED) is 0.180. The summed E-state index contributed by atoms with van der Waals surface area (Å²) in [4.78, 5) is 32.0. The molecule has 1 aromatic heterocycles. The Morgan fingerprint density at radius 1 is 1.38 bits per heavy atom. The van der Waals surface area contributed by atoms with Gasteiger partial charge in [-0.25, -0.2) is 15.9 Å². The standard InChI is InChI=1S/C24H30N5O7P/c1-15(2)35-22(31)17(4)28-37(33,36-18-9-7-6-8-10-18)34-14-24(26-5)16(3)19(13-20(24)30)29-12-11-21(25)27-23(29)32/h6-12,15,17,19-20,30H,3,13-14H2,1-2,4H3,(H,28,33)(H2,25,27,32)/t17?,19-,20-,24+,37?/m0/s1. The first-order valence-electron chi connectivity index (χ1n) is 11.5. The number of hydrogen-bond acceptors (Lipinski definition) is 9. The van der Waals surface area contributed by atoms with Crippen molar-refractivity contribution in [3.63, 3.8) is 0 Å². The van der Waals surface area contributed by atoms with Crippen LogP contribution in [0.1, 0.15) is 33.2 Å². The summed E-state index contributed by atoms with van der Waals surface area (Å²) in [5.41, 5.74) is 3.30. The van der Waals surface area contributed by atoms with Gasteiger partial charge < -0.3 is 20.1 Å². The van der Waals surface area contributed by atoms with Gasteiger partial charge in [0.05, 0.1) is 12.1 Å². The molecule has 0 bridgehead atoms. The second kappa shape index (κ2) is 11.3. The maximum Gasteiger partial charge on any atom is 0.459 e. The Hall–Kier alpha value is -3.49. The van der Waals surface area contributed by atoms with E-state index in [9.17, 15) is 19.3 Å². The van der Waals surface area contributed by atoms with E-state index in [-0.39, 0.29) is 23.6 Å². The molecule has 12 nitrogen and oxygen atoms in total. The third-order valence-electron chi connectivity index (χ3n) is 5.82. The van der Waals surface area contributed by atoms with E-state index < -0.39 is 55.8 Å². The van der Waals surface area contributed by atoms with Crippen molar-refractivity contribution in [2.24, 2.45) is 0 Å². The SMILES string of the molecule is [C-]#[N+][C@]1(COP(=O)(NC(C)C(=O)OC(C)C)Oc2ccccc2)C(=C)[C@@H](n2ccc(N)nc2=O)C[C@@H]1O.